The van der Waals surface area contributed by atoms with Gasteiger partial charge in [-0.1, -0.05) is 17.7 Å². The first-order chi connectivity index (χ1) is 21.0. The molecule has 12 heteroatoms. The maximum atomic E-state index is 13.9. The van der Waals surface area contributed by atoms with Crippen molar-refractivity contribution in [1.29, 1.82) is 0 Å². The molecule has 0 aliphatic rings. The smallest absolute Gasteiger partial charge is 0.412 e. The highest BCUT2D eigenvalue weighted by molar-refractivity contribution is 6.29. The molecule has 0 saturated carbocycles. The third-order valence-corrected chi connectivity index (χ3v) is 5.49. The first-order valence-electron chi connectivity index (χ1n) is 15.2. The van der Waals surface area contributed by atoms with Crippen molar-refractivity contribution in [2.75, 3.05) is 31.7 Å². The van der Waals surface area contributed by atoms with Crippen molar-refractivity contribution >= 4 is 51.7 Å². The quantitative estimate of drug-likeness (QED) is 0.385. The zero-order valence-electron chi connectivity index (χ0n) is 29.1. The van der Waals surface area contributed by atoms with E-state index in [0.717, 1.165) is 17.8 Å². The molecule has 0 spiro atoms. The normalized spacial score (nSPS) is 18.0. The molecule has 0 saturated heterocycles. The molecule has 11 nitrogen and oxygen atoms in total. The first-order valence-corrected chi connectivity index (χ1v) is 10.6. The van der Waals surface area contributed by atoms with Gasteiger partial charge in [0.05, 0.1) is 31.1 Å². The van der Waals surface area contributed by atoms with Crippen LogP contribution in [0.2, 0.25) is 5.15 Å². The first kappa shape index (κ1) is 15.1. The molecule has 0 bridgehead atoms. The van der Waals surface area contributed by atoms with Gasteiger partial charge in [-0.3, -0.25) is 23.9 Å². The van der Waals surface area contributed by atoms with Gasteiger partial charge in [0.15, 0.2) is 17.2 Å². The van der Waals surface area contributed by atoms with E-state index in [2.05, 4.69) is 25.3 Å². The summed E-state index contributed by atoms with van der Waals surface area (Å²) in [5.41, 5.74) is -2.41. The van der Waals surface area contributed by atoms with Crippen LogP contribution >= 0.6 is 11.6 Å². The summed E-state index contributed by atoms with van der Waals surface area (Å²) in [5, 5.41) is 5.04. The fourth-order valence-corrected chi connectivity index (χ4v) is 3.88. The number of ether oxygens (including phenoxy) is 1. The van der Waals surface area contributed by atoms with Gasteiger partial charge in [-0.2, -0.15) is 0 Å². The van der Waals surface area contributed by atoms with Gasteiger partial charge >= 0.3 is 6.09 Å². The van der Waals surface area contributed by atoms with E-state index < -0.39 is 60.7 Å². The molecule has 0 radical (unpaired) electrons. The second kappa shape index (κ2) is 9.50. The van der Waals surface area contributed by atoms with Crippen molar-refractivity contribution in [3.8, 4) is 0 Å². The lowest BCUT2D eigenvalue weighted by molar-refractivity contribution is 0.0824. The summed E-state index contributed by atoms with van der Waals surface area (Å²) in [6, 6.07) is 3.71. The van der Waals surface area contributed by atoms with E-state index >= 15 is 0 Å². The SMILES string of the molecule is [2H]C(C)(Nc1ccc(Cl)nc1NC(=O)OC)c1cc(C)cc2c(=O)n(C([2H])([2H])[2H])c3c(C(=O)N(C([2H])([2H])[2H])C([2H])([2H])[2H])ncn3c12. The fourth-order valence-electron chi connectivity index (χ4n) is 3.73. The largest absolute Gasteiger partial charge is 0.453 e. The number of halogens is 1. The van der Waals surface area contributed by atoms with Crippen molar-refractivity contribution in [2.45, 2.75) is 19.9 Å². The lowest BCUT2D eigenvalue weighted by Crippen LogP contribution is -2.26. The molecule has 0 aliphatic heterocycles. The molecule has 3 heterocycles. The van der Waals surface area contributed by atoms with Gasteiger partial charge in [0, 0.05) is 33.3 Å². The minimum absolute atomic E-state index is 0.00432. The summed E-state index contributed by atoms with van der Waals surface area (Å²) < 4.78 is 85.3. The average molecular weight is 522 g/mol. The lowest BCUT2D eigenvalue weighted by Gasteiger charge is -2.21. The molecule has 2 N–H and O–H groups in total. The Morgan fingerprint density at radius 3 is 2.78 bits per heavy atom. The van der Waals surface area contributed by atoms with Crippen LogP contribution in [0.5, 0.6) is 0 Å². The second-order valence-electron chi connectivity index (χ2n) is 7.67. The predicted octanol–water partition coefficient (Wildman–Crippen LogP) is 3.60. The standard InChI is InChI=1S/C24H26ClN7O4/c1-12-9-14(13(2)27-16-7-8-17(25)28-20(16)29-24(35)36-6)19-15(10-12)22(33)31(5)21-18(23(34)30(3)4)26-11-32(19)21/h7-11,13,27H,1-6H3,(H,28,29,35)/i3D3,4D3,5D3,13D. The summed E-state index contributed by atoms with van der Waals surface area (Å²) in [4.78, 5) is 46.9. The Morgan fingerprint density at radius 1 is 1.31 bits per heavy atom. The van der Waals surface area contributed by atoms with Crippen LogP contribution in [-0.2, 0) is 11.7 Å². The fraction of sp³-hybridized carbons (Fsp3) is 0.292. The molecular weight excluding hydrogens is 486 g/mol. The van der Waals surface area contributed by atoms with Crippen molar-refractivity contribution in [2.24, 2.45) is 6.98 Å². The number of amides is 2. The highest BCUT2D eigenvalue weighted by atomic mass is 35.5. The van der Waals surface area contributed by atoms with E-state index in [9.17, 15) is 15.8 Å². The Labute approximate surface area is 225 Å². The Hall–Kier alpha value is -4.12. The number of imidazole rings is 1. The van der Waals surface area contributed by atoms with E-state index in [1.54, 1.807) is 6.92 Å². The molecule has 1 unspecified atom stereocenters. The number of benzene rings is 1. The van der Waals surface area contributed by atoms with Crippen LogP contribution in [0.15, 0.2) is 35.4 Å². The number of fused-ring (bicyclic) bond motifs is 3. The molecule has 1 aromatic carbocycles. The van der Waals surface area contributed by atoms with Crippen LogP contribution in [0.1, 0.15) is 48.3 Å². The predicted molar refractivity (Wildman–Crippen MR) is 138 cm³/mol. The maximum Gasteiger partial charge on any atom is 0.412 e. The van der Waals surface area contributed by atoms with Crippen LogP contribution in [0.25, 0.3) is 16.6 Å². The molecule has 2 amide bonds. The van der Waals surface area contributed by atoms with Crippen LogP contribution in [0.3, 0.4) is 0 Å². The van der Waals surface area contributed by atoms with Gasteiger partial charge < -0.3 is 15.0 Å². The Morgan fingerprint density at radius 2 is 2.08 bits per heavy atom. The summed E-state index contributed by atoms with van der Waals surface area (Å²) in [6.07, 6.45) is 0.0310. The Bertz CT molecular complexity index is 1920. The zero-order chi connectivity index (χ0) is 34.7. The number of pyridine rings is 1. The summed E-state index contributed by atoms with van der Waals surface area (Å²) in [6.45, 7) is -7.32. The molecular formula is C24H26ClN7O4. The van der Waals surface area contributed by atoms with Crippen molar-refractivity contribution < 1.29 is 28.0 Å². The van der Waals surface area contributed by atoms with Crippen molar-refractivity contribution in [1.82, 2.24) is 23.8 Å². The number of carbonyl (C=O) groups is 2. The number of anilines is 2. The second-order valence-corrected chi connectivity index (χ2v) is 8.06. The van der Waals surface area contributed by atoms with Gasteiger partial charge in [-0.05, 0) is 43.2 Å². The average Bonchev–Trinajstić information content (AvgIpc) is 3.31. The van der Waals surface area contributed by atoms with Crippen molar-refractivity contribution in [3.63, 3.8) is 0 Å². The summed E-state index contributed by atoms with van der Waals surface area (Å²) in [7, 11) is 1.12. The van der Waals surface area contributed by atoms with Crippen LogP contribution < -0.4 is 16.2 Å². The van der Waals surface area contributed by atoms with Crippen LogP contribution in [0, 0.1) is 6.92 Å². The number of carbonyl (C=O) groups excluding carboxylic acids is 2. The van der Waals surface area contributed by atoms with Crippen LogP contribution in [-0.4, -0.2) is 56.9 Å². The third-order valence-electron chi connectivity index (χ3n) is 5.28. The number of rotatable bonds is 5. The minimum Gasteiger partial charge on any atom is -0.453 e. The number of methoxy groups -OCH3 is 1. The molecule has 0 aliphatic carbocycles. The molecule has 3 aromatic heterocycles. The Balaban J connectivity index is 2.08. The lowest BCUT2D eigenvalue weighted by atomic mass is 10.0. The number of hydrogen-bond acceptors (Lipinski definition) is 7. The highest BCUT2D eigenvalue weighted by Gasteiger charge is 2.23. The van der Waals surface area contributed by atoms with Crippen LogP contribution in [0.4, 0.5) is 16.3 Å². The van der Waals surface area contributed by atoms with Gasteiger partial charge in [0.25, 0.3) is 11.5 Å². The van der Waals surface area contributed by atoms with E-state index in [1.165, 1.54) is 31.2 Å². The summed E-state index contributed by atoms with van der Waals surface area (Å²) >= 11 is 6.00. The molecule has 4 rings (SSSR count). The number of aryl methyl sites for hydroxylation is 2. The number of nitrogens with one attached hydrogen (secondary N) is 2. The maximum absolute atomic E-state index is 13.9. The molecule has 188 valence electrons. The highest BCUT2D eigenvalue weighted by Crippen LogP contribution is 2.31. The van der Waals surface area contributed by atoms with Gasteiger partial charge in [-0.25, -0.2) is 14.8 Å². The van der Waals surface area contributed by atoms with E-state index in [-0.39, 0.29) is 37.7 Å². The number of hydrogen-bond donors (Lipinski definition) is 2. The zero-order valence-corrected chi connectivity index (χ0v) is 19.9. The van der Waals surface area contributed by atoms with Gasteiger partial charge in [0.1, 0.15) is 11.5 Å². The number of aromatic nitrogens is 4. The van der Waals surface area contributed by atoms with E-state index in [0.29, 0.717) is 5.56 Å². The molecule has 4 aromatic rings. The van der Waals surface area contributed by atoms with Gasteiger partial charge in [-0.15, -0.1) is 0 Å². The van der Waals surface area contributed by atoms with E-state index in [1.807, 2.05) is 0 Å². The topological polar surface area (TPSA) is 123 Å². The van der Waals surface area contributed by atoms with Gasteiger partial charge in [0.2, 0.25) is 0 Å². The molecule has 0 fully saturated rings. The summed E-state index contributed by atoms with van der Waals surface area (Å²) in [5.74, 6) is -1.81. The molecule has 1 atom stereocenters. The third kappa shape index (κ3) is 4.33. The monoisotopic (exact) mass is 521 g/mol. The number of nitrogens with zero attached hydrogens (tertiary/aromatic N) is 5. The molecule has 36 heavy (non-hydrogen) atoms. The minimum atomic E-state index is -3.51. The van der Waals surface area contributed by atoms with Crippen molar-refractivity contribution in [3.05, 3.63) is 62.9 Å². The van der Waals surface area contributed by atoms with E-state index in [4.69, 9.17) is 23.9 Å². The Kier molecular flexibility index (Phi) is 3.98.